The van der Waals surface area contributed by atoms with Crippen LogP contribution >= 0.6 is 0 Å². The van der Waals surface area contributed by atoms with Crippen LogP contribution < -0.4 is 5.73 Å². The summed E-state index contributed by atoms with van der Waals surface area (Å²) < 4.78 is 29.4. The van der Waals surface area contributed by atoms with E-state index in [1.54, 1.807) is 30.5 Å². The van der Waals surface area contributed by atoms with Gasteiger partial charge in [0.15, 0.2) is 11.5 Å². The molecule has 0 atom stereocenters. The van der Waals surface area contributed by atoms with Gasteiger partial charge in [0.25, 0.3) is 0 Å². The number of aromatic nitrogens is 7. The SMILES string of the molecule is Nc1cncc(-c2cnc3n[nH]c(-c4nc5c(-c6cccc(F)c6)nccc5[nH]4)c3c2F)c1. The lowest BCUT2D eigenvalue weighted by atomic mass is 10.1. The highest BCUT2D eigenvalue weighted by Crippen LogP contribution is 2.34. The lowest BCUT2D eigenvalue weighted by Gasteiger charge is -2.05. The van der Waals surface area contributed by atoms with Crippen LogP contribution in [0.2, 0.25) is 0 Å². The molecule has 0 spiro atoms. The van der Waals surface area contributed by atoms with Crippen LogP contribution in [0.3, 0.4) is 0 Å². The Kier molecular flexibility index (Phi) is 4.12. The molecule has 10 heteroatoms. The average Bonchev–Trinajstić information content (AvgIpc) is 3.43. The number of fused-ring (bicyclic) bond motifs is 2. The van der Waals surface area contributed by atoms with E-state index in [1.165, 1.54) is 30.7 Å². The van der Waals surface area contributed by atoms with Gasteiger partial charge in [-0.1, -0.05) is 12.1 Å². The number of pyridine rings is 3. The number of imidazole rings is 1. The zero-order valence-corrected chi connectivity index (χ0v) is 16.8. The minimum atomic E-state index is -0.528. The molecule has 0 aliphatic rings. The smallest absolute Gasteiger partial charge is 0.184 e. The molecular formula is C23H14F2N8. The standard InChI is InChI=1S/C23H14F2N8/c24-13-3-1-2-11(6-13)19-20-16(4-5-28-19)30-23(31-20)21-17-18(25)15(10-29-22(17)33-32-21)12-7-14(26)9-27-8-12/h1-10H,26H2,(H,30,31)(H,29,32,33). The predicted octanol–water partition coefficient (Wildman–Crippen LogP) is 4.49. The summed E-state index contributed by atoms with van der Waals surface area (Å²) >= 11 is 0. The lowest BCUT2D eigenvalue weighted by Crippen LogP contribution is -1.93. The van der Waals surface area contributed by atoms with Crippen molar-refractivity contribution in [3.8, 4) is 33.9 Å². The van der Waals surface area contributed by atoms with Crippen LogP contribution in [0.25, 0.3) is 56.0 Å². The molecule has 0 bridgehead atoms. The van der Waals surface area contributed by atoms with E-state index in [1.807, 2.05) is 0 Å². The monoisotopic (exact) mass is 440 g/mol. The number of benzene rings is 1. The van der Waals surface area contributed by atoms with Crippen molar-refractivity contribution in [1.82, 2.24) is 35.1 Å². The number of nitrogens with zero attached hydrogens (tertiary/aromatic N) is 5. The molecule has 160 valence electrons. The summed E-state index contributed by atoms with van der Waals surface area (Å²) in [6.45, 7) is 0. The molecule has 0 amide bonds. The Morgan fingerprint density at radius 1 is 0.939 bits per heavy atom. The first kappa shape index (κ1) is 19.0. The third-order valence-corrected chi connectivity index (χ3v) is 5.33. The molecule has 6 rings (SSSR count). The third-order valence-electron chi connectivity index (χ3n) is 5.33. The maximum atomic E-state index is 15.6. The van der Waals surface area contributed by atoms with Gasteiger partial charge in [0.05, 0.1) is 22.3 Å². The van der Waals surface area contributed by atoms with Crippen LogP contribution in [0.5, 0.6) is 0 Å². The quantitative estimate of drug-likeness (QED) is 0.373. The number of hydrogen-bond acceptors (Lipinski definition) is 6. The van der Waals surface area contributed by atoms with Crippen molar-refractivity contribution in [3.63, 3.8) is 0 Å². The largest absolute Gasteiger partial charge is 0.397 e. The molecule has 4 N–H and O–H groups in total. The van der Waals surface area contributed by atoms with Crippen LogP contribution in [0.1, 0.15) is 0 Å². The highest BCUT2D eigenvalue weighted by atomic mass is 19.1. The highest BCUT2D eigenvalue weighted by Gasteiger charge is 2.21. The number of hydrogen-bond donors (Lipinski definition) is 3. The van der Waals surface area contributed by atoms with E-state index in [0.29, 0.717) is 45.1 Å². The van der Waals surface area contributed by atoms with Crippen LogP contribution in [0.15, 0.2) is 61.2 Å². The van der Waals surface area contributed by atoms with Crippen LogP contribution in [0.4, 0.5) is 14.5 Å². The summed E-state index contributed by atoms with van der Waals surface area (Å²) in [5.74, 6) is -0.555. The average molecular weight is 440 g/mol. The van der Waals surface area contributed by atoms with Gasteiger partial charge in [0.2, 0.25) is 0 Å². The first-order valence-electron chi connectivity index (χ1n) is 9.93. The number of anilines is 1. The third kappa shape index (κ3) is 3.07. The maximum absolute atomic E-state index is 15.6. The number of nitrogen functional groups attached to an aromatic ring is 1. The summed E-state index contributed by atoms with van der Waals surface area (Å²) in [4.78, 5) is 20.5. The summed E-state index contributed by atoms with van der Waals surface area (Å²) in [5, 5.41) is 7.13. The first-order valence-corrected chi connectivity index (χ1v) is 9.93. The zero-order chi connectivity index (χ0) is 22.5. The molecule has 0 radical (unpaired) electrons. The molecule has 0 aliphatic carbocycles. The van der Waals surface area contributed by atoms with Gasteiger partial charge in [0.1, 0.15) is 22.8 Å². The van der Waals surface area contributed by atoms with Gasteiger partial charge < -0.3 is 10.7 Å². The van der Waals surface area contributed by atoms with E-state index in [-0.39, 0.29) is 22.4 Å². The Labute approximate surface area is 184 Å². The van der Waals surface area contributed by atoms with E-state index >= 15 is 4.39 Å². The molecule has 1 aromatic carbocycles. The second kappa shape index (κ2) is 7.16. The number of rotatable bonds is 3. The molecule has 6 aromatic rings. The zero-order valence-electron chi connectivity index (χ0n) is 16.8. The van der Waals surface area contributed by atoms with Crippen LogP contribution in [0, 0.1) is 11.6 Å². The number of aromatic amines is 2. The van der Waals surface area contributed by atoms with Gasteiger partial charge >= 0.3 is 0 Å². The van der Waals surface area contributed by atoms with Crippen molar-refractivity contribution in [2.24, 2.45) is 0 Å². The van der Waals surface area contributed by atoms with Gasteiger partial charge in [-0.3, -0.25) is 15.1 Å². The van der Waals surface area contributed by atoms with E-state index in [2.05, 4.69) is 35.1 Å². The topological polar surface area (TPSA) is 122 Å². The van der Waals surface area contributed by atoms with Crippen molar-refractivity contribution in [2.75, 3.05) is 5.73 Å². The Hall–Kier alpha value is -4.73. The minimum Gasteiger partial charge on any atom is -0.397 e. The highest BCUT2D eigenvalue weighted by molar-refractivity contribution is 5.96. The number of nitrogens with one attached hydrogen (secondary N) is 2. The van der Waals surface area contributed by atoms with Gasteiger partial charge in [0, 0.05) is 41.5 Å². The van der Waals surface area contributed by atoms with E-state index < -0.39 is 5.82 Å². The second-order valence-corrected chi connectivity index (χ2v) is 7.44. The van der Waals surface area contributed by atoms with Gasteiger partial charge in [-0.25, -0.2) is 18.7 Å². The van der Waals surface area contributed by atoms with Crippen molar-refractivity contribution in [2.45, 2.75) is 0 Å². The summed E-state index contributed by atoms with van der Waals surface area (Å²) in [5.41, 5.74) is 9.74. The molecule has 5 aromatic heterocycles. The van der Waals surface area contributed by atoms with E-state index in [0.717, 1.165) is 0 Å². The van der Waals surface area contributed by atoms with Crippen molar-refractivity contribution in [3.05, 3.63) is 72.8 Å². The van der Waals surface area contributed by atoms with Crippen molar-refractivity contribution < 1.29 is 8.78 Å². The summed E-state index contributed by atoms with van der Waals surface area (Å²) in [6, 6.07) is 9.47. The Morgan fingerprint density at radius 3 is 2.70 bits per heavy atom. The van der Waals surface area contributed by atoms with E-state index in [9.17, 15) is 4.39 Å². The van der Waals surface area contributed by atoms with Gasteiger partial charge in [-0.2, -0.15) is 5.10 Å². The summed E-state index contributed by atoms with van der Waals surface area (Å²) in [6.07, 6.45) is 5.99. The predicted molar refractivity (Wildman–Crippen MR) is 120 cm³/mol. The fraction of sp³-hybridized carbons (Fsp3) is 0. The molecule has 0 saturated carbocycles. The molecular weight excluding hydrogens is 426 g/mol. The van der Waals surface area contributed by atoms with Crippen LogP contribution in [-0.2, 0) is 0 Å². The molecule has 0 unspecified atom stereocenters. The van der Waals surface area contributed by atoms with Crippen LogP contribution in [-0.4, -0.2) is 35.1 Å². The summed E-state index contributed by atoms with van der Waals surface area (Å²) in [7, 11) is 0. The molecule has 33 heavy (non-hydrogen) atoms. The fourth-order valence-electron chi connectivity index (χ4n) is 3.83. The molecule has 0 fully saturated rings. The van der Waals surface area contributed by atoms with Crippen molar-refractivity contribution >= 4 is 27.8 Å². The van der Waals surface area contributed by atoms with Gasteiger partial charge in [-0.05, 0) is 24.3 Å². The Morgan fingerprint density at radius 2 is 1.85 bits per heavy atom. The second-order valence-electron chi connectivity index (χ2n) is 7.44. The Bertz CT molecular complexity index is 1670. The normalized spacial score (nSPS) is 11.5. The fourth-order valence-corrected chi connectivity index (χ4v) is 3.83. The van der Waals surface area contributed by atoms with E-state index in [4.69, 9.17) is 5.73 Å². The number of halogens is 2. The molecule has 8 nitrogen and oxygen atoms in total. The maximum Gasteiger partial charge on any atom is 0.184 e. The first-order chi connectivity index (χ1) is 16.1. The van der Waals surface area contributed by atoms with Crippen molar-refractivity contribution in [1.29, 1.82) is 0 Å². The number of H-pyrrole nitrogens is 2. The molecule has 5 heterocycles. The molecule has 0 saturated heterocycles. The Balaban J connectivity index is 1.55. The molecule has 0 aliphatic heterocycles. The van der Waals surface area contributed by atoms with Gasteiger partial charge in [-0.15, -0.1) is 0 Å². The lowest BCUT2D eigenvalue weighted by molar-refractivity contribution is 0.628. The minimum absolute atomic E-state index is 0.175. The number of nitrogens with two attached hydrogens (primary N) is 1.